The van der Waals surface area contributed by atoms with Gasteiger partial charge in [-0.1, -0.05) is 37.3 Å². The summed E-state index contributed by atoms with van der Waals surface area (Å²) in [5, 5.41) is 9.20. The molecule has 0 radical (unpaired) electrons. The van der Waals surface area contributed by atoms with Crippen LogP contribution >= 0.6 is 0 Å². The number of rotatable bonds is 5. The van der Waals surface area contributed by atoms with Crippen LogP contribution in [0.2, 0.25) is 0 Å². The van der Waals surface area contributed by atoms with E-state index in [4.69, 9.17) is 10.5 Å². The maximum atomic E-state index is 9.20. The van der Waals surface area contributed by atoms with Crippen LogP contribution in [0.4, 0.5) is 0 Å². The Morgan fingerprint density at radius 2 is 2.16 bits per heavy atom. The number of hydrogen-bond donors (Lipinski definition) is 2. The van der Waals surface area contributed by atoms with Crippen molar-refractivity contribution < 1.29 is 9.84 Å². The van der Waals surface area contributed by atoms with Gasteiger partial charge < -0.3 is 15.6 Å². The summed E-state index contributed by atoms with van der Waals surface area (Å²) in [6.45, 7) is 6.15. The molecule has 0 bridgehead atoms. The average Bonchev–Trinajstić information content (AvgIpc) is 2.48. The average molecular weight is 264 g/mol. The molecule has 0 aliphatic carbocycles. The molecule has 0 saturated carbocycles. The lowest BCUT2D eigenvalue weighted by molar-refractivity contribution is -0.0570. The Hall–Kier alpha value is -0.940. The van der Waals surface area contributed by atoms with Crippen molar-refractivity contribution in [2.24, 2.45) is 5.73 Å². The highest BCUT2D eigenvalue weighted by atomic mass is 16.5. The number of benzene rings is 1. The van der Waals surface area contributed by atoms with E-state index in [0.29, 0.717) is 13.2 Å². The lowest BCUT2D eigenvalue weighted by atomic mass is 9.82. The highest BCUT2D eigenvalue weighted by Crippen LogP contribution is 2.24. The smallest absolute Gasteiger partial charge is 0.0932 e. The van der Waals surface area contributed by atoms with Crippen LogP contribution in [0.3, 0.4) is 0 Å². The van der Waals surface area contributed by atoms with Crippen LogP contribution in [-0.4, -0.2) is 55.5 Å². The molecule has 4 heteroatoms. The molecule has 3 N–H and O–H groups in total. The van der Waals surface area contributed by atoms with Crippen LogP contribution in [0.1, 0.15) is 12.5 Å². The first-order valence-electron chi connectivity index (χ1n) is 6.88. The predicted octanol–water partition coefficient (Wildman–Crippen LogP) is 0.596. The summed E-state index contributed by atoms with van der Waals surface area (Å²) in [6.07, 6.45) is -0.0634. The zero-order valence-electron chi connectivity index (χ0n) is 11.6. The first-order chi connectivity index (χ1) is 9.18. The molecular formula is C15H24N2O2. The Morgan fingerprint density at radius 3 is 2.79 bits per heavy atom. The van der Waals surface area contributed by atoms with Crippen molar-refractivity contribution in [2.75, 3.05) is 39.4 Å². The minimum Gasteiger partial charge on any atom is -0.394 e. The van der Waals surface area contributed by atoms with Gasteiger partial charge in [0.1, 0.15) is 0 Å². The fourth-order valence-corrected chi connectivity index (χ4v) is 2.64. The normalized spacial score (nSPS) is 24.1. The van der Waals surface area contributed by atoms with E-state index < -0.39 is 0 Å². The van der Waals surface area contributed by atoms with Gasteiger partial charge in [0.05, 0.1) is 19.3 Å². The molecule has 106 valence electrons. The SMILES string of the molecule is CC(CN)(CN1CCOC(CO)C1)c1ccccc1. The van der Waals surface area contributed by atoms with Crippen molar-refractivity contribution in [1.82, 2.24) is 4.90 Å². The highest BCUT2D eigenvalue weighted by molar-refractivity contribution is 5.25. The molecule has 1 aliphatic rings. The van der Waals surface area contributed by atoms with Gasteiger partial charge in [0, 0.05) is 31.6 Å². The van der Waals surface area contributed by atoms with E-state index in [1.165, 1.54) is 5.56 Å². The predicted molar refractivity (Wildman–Crippen MR) is 76.1 cm³/mol. The highest BCUT2D eigenvalue weighted by Gasteiger charge is 2.30. The summed E-state index contributed by atoms with van der Waals surface area (Å²) >= 11 is 0. The Kier molecular flexibility index (Phi) is 4.93. The number of nitrogens with two attached hydrogens (primary N) is 1. The number of aliphatic hydroxyl groups excluding tert-OH is 1. The van der Waals surface area contributed by atoms with E-state index in [0.717, 1.165) is 19.6 Å². The lowest BCUT2D eigenvalue weighted by Crippen LogP contribution is -2.51. The molecule has 1 aromatic rings. The van der Waals surface area contributed by atoms with Gasteiger partial charge in [0.2, 0.25) is 0 Å². The quantitative estimate of drug-likeness (QED) is 0.817. The Morgan fingerprint density at radius 1 is 1.42 bits per heavy atom. The molecule has 0 aromatic heterocycles. The third-order valence-corrected chi connectivity index (χ3v) is 3.92. The first kappa shape index (κ1) is 14.5. The summed E-state index contributed by atoms with van der Waals surface area (Å²) < 4.78 is 5.49. The second-order valence-electron chi connectivity index (χ2n) is 5.54. The molecule has 1 heterocycles. The molecule has 1 saturated heterocycles. The van der Waals surface area contributed by atoms with Gasteiger partial charge in [-0.2, -0.15) is 0 Å². The van der Waals surface area contributed by atoms with Gasteiger partial charge in [0.25, 0.3) is 0 Å². The monoisotopic (exact) mass is 264 g/mol. The second-order valence-corrected chi connectivity index (χ2v) is 5.54. The molecule has 1 aliphatic heterocycles. The Balaban J connectivity index is 2.06. The van der Waals surface area contributed by atoms with Crippen LogP contribution in [-0.2, 0) is 10.2 Å². The minimum absolute atomic E-state index is 0.0569. The lowest BCUT2D eigenvalue weighted by Gasteiger charge is -2.39. The maximum Gasteiger partial charge on any atom is 0.0932 e. The van der Waals surface area contributed by atoms with E-state index >= 15 is 0 Å². The van der Waals surface area contributed by atoms with Gasteiger partial charge in [-0.25, -0.2) is 0 Å². The fourth-order valence-electron chi connectivity index (χ4n) is 2.64. The fraction of sp³-hybridized carbons (Fsp3) is 0.600. The molecule has 0 spiro atoms. The molecular weight excluding hydrogens is 240 g/mol. The third kappa shape index (κ3) is 3.54. The Bertz CT molecular complexity index is 385. The number of ether oxygens (including phenoxy) is 1. The van der Waals surface area contributed by atoms with E-state index in [9.17, 15) is 5.11 Å². The molecule has 2 rings (SSSR count). The zero-order chi connectivity index (χ0) is 13.7. The van der Waals surface area contributed by atoms with Gasteiger partial charge in [-0.15, -0.1) is 0 Å². The number of hydrogen-bond acceptors (Lipinski definition) is 4. The summed E-state index contributed by atoms with van der Waals surface area (Å²) in [6, 6.07) is 10.4. The standard InChI is InChI=1S/C15H24N2O2/c1-15(11-16,13-5-3-2-4-6-13)12-17-7-8-19-14(9-17)10-18/h2-6,14,18H,7-12,16H2,1H3. The van der Waals surface area contributed by atoms with E-state index in [-0.39, 0.29) is 18.1 Å². The second kappa shape index (κ2) is 6.48. The van der Waals surface area contributed by atoms with Crippen LogP contribution in [0.25, 0.3) is 0 Å². The minimum atomic E-state index is -0.0634. The van der Waals surface area contributed by atoms with Crippen molar-refractivity contribution in [3.05, 3.63) is 35.9 Å². The number of morpholine rings is 1. The number of nitrogens with zero attached hydrogens (tertiary/aromatic N) is 1. The molecule has 0 amide bonds. The van der Waals surface area contributed by atoms with Crippen LogP contribution in [0.5, 0.6) is 0 Å². The van der Waals surface area contributed by atoms with Crippen LogP contribution in [0, 0.1) is 0 Å². The van der Waals surface area contributed by atoms with Crippen molar-refractivity contribution in [1.29, 1.82) is 0 Å². The van der Waals surface area contributed by atoms with Gasteiger partial charge >= 0.3 is 0 Å². The molecule has 19 heavy (non-hydrogen) atoms. The van der Waals surface area contributed by atoms with Gasteiger partial charge in [-0.05, 0) is 5.56 Å². The maximum absolute atomic E-state index is 9.20. The molecule has 4 nitrogen and oxygen atoms in total. The van der Waals surface area contributed by atoms with Crippen molar-refractivity contribution in [2.45, 2.75) is 18.4 Å². The van der Waals surface area contributed by atoms with E-state index in [2.05, 4.69) is 36.1 Å². The Labute approximate surface area is 115 Å². The first-order valence-corrected chi connectivity index (χ1v) is 6.88. The van der Waals surface area contributed by atoms with Crippen LogP contribution < -0.4 is 5.73 Å². The van der Waals surface area contributed by atoms with Gasteiger partial charge in [0.15, 0.2) is 0 Å². The summed E-state index contributed by atoms with van der Waals surface area (Å²) in [5.74, 6) is 0. The topological polar surface area (TPSA) is 58.7 Å². The van der Waals surface area contributed by atoms with Gasteiger partial charge in [-0.3, -0.25) is 4.90 Å². The largest absolute Gasteiger partial charge is 0.394 e. The molecule has 1 aromatic carbocycles. The van der Waals surface area contributed by atoms with Crippen molar-refractivity contribution in [3.8, 4) is 0 Å². The summed E-state index contributed by atoms with van der Waals surface area (Å²) in [7, 11) is 0. The van der Waals surface area contributed by atoms with E-state index in [1.54, 1.807) is 0 Å². The molecule has 2 unspecified atom stereocenters. The molecule has 2 atom stereocenters. The van der Waals surface area contributed by atoms with Crippen molar-refractivity contribution in [3.63, 3.8) is 0 Å². The number of aliphatic hydroxyl groups is 1. The third-order valence-electron chi connectivity index (χ3n) is 3.92. The molecule has 1 fully saturated rings. The van der Waals surface area contributed by atoms with Crippen molar-refractivity contribution >= 4 is 0 Å². The van der Waals surface area contributed by atoms with E-state index in [1.807, 2.05) is 6.07 Å². The summed E-state index contributed by atoms with van der Waals surface area (Å²) in [4.78, 5) is 2.34. The van der Waals surface area contributed by atoms with Crippen LogP contribution in [0.15, 0.2) is 30.3 Å². The summed E-state index contributed by atoms with van der Waals surface area (Å²) in [5.41, 5.74) is 7.23. The zero-order valence-corrected chi connectivity index (χ0v) is 11.6.